The van der Waals surface area contributed by atoms with Gasteiger partial charge >= 0.3 is 0 Å². The second-order valence-corrected chi connectivity index (χ2v) is 10.9. The highest BCUT2D eigenvalue weighted by Gasteiger charge is 2.31. The Bertz CT molecular complexity index is 973. The molecule has 0 unspecified atom stereocenters. The van der Waals surface area contributed by atoms with Crippen LogP contribution in [0.2, 0.25) is 0 Å². The maximum Gasteiger partial charge on any atom is 0.227 e. The zero-order valence-corrected chi connectivity index (χ0v) is 24.0. The van der Waals surface area contributed by atoms with E-state index in [1.165, 1.54) is 13.6 Å². The quantitative estimate of drug-likeness (QED) is 0.401. The van der Waals surface area contributed by atoms with Crippen molar-refractivity contribution in [2.75, 3.05) is 18.1 Å². The molecular weight excluding hydrogens is 667 g/mol. The lowest BCUT2D eigenvalue weighted by Gasteiger charge is -2.23. The normalized spacial score (nSPS) is 19.4. The molecule has 6 nitrogen and oxygen atoms in total. The molecule has 2 atom stereocenters. The predicted octanol–water partition coefficient (Wildman–Crippen LogP) is 4.86. The number of benzene rings is 2. The molecule has 9 heteroatoms. The Kier molecular flexibility index (Phi) is 11.8. The molecule has 2 aliphatic rings. The predicted molar refractivity (Wildman–Crippen MR) is 146 cm³/mol. The summed E-state index contributed by atoms with van der Waals surface area (Å²) in [7, 11) is 0. The second kappa shape index (κ2) is 13.8. The molecule has 0 bridgehead atoms. The minimum Gasteiger partial charge on any atom is -0.394 e. The number of hydrogen-bond donors (Lipinski definition) is 3. The summed E-state index contributed by atoms with van der Waals surface area (Å²) in [4.78, 5) is 23.8. The number of aryl methyl sites for hydroxylation is 2. The first-order valence-electron chi connectivity index (χ1n) is 10.7. The van der Waals surface area contributed by atoms with E-state index in [2.05, 4.69) is 84.9 Å². The van der Waals surface area contributed by atoms with Crippen LogP contribution in [0.5, 0.6) is 0 Å². The number of aliphatic hydroxyl groups is 2. The fourth-order valence-electron chi connectivity index (χ4n) is 3.47. The third kappa shape index (κ3) is 8.61. The van der Waals surface area contributed by atoms with Crippen molar-refractivity contribution in [1.29, 1.82) is 0 Å². The molecule has 2 fully saturated rings. The number of carbonyl (C=O) groups excluding carboxylic acids is 2. The summed E-state index contributed by atoms with van der Waals surface area (Å²) in [5, 5.41) is 20.3. The Morgan fingerprint density at radius 1 is 0.970 bits per heavy atom. The Labute approximate surface area is 225 Å². The third-order valence-electron chi connectivity index (χ3n) is 5.38. The lowest BCUT2D eigenvalue weighted by Crippen LogP contribution is -2.35. The summed E-state index contributed by atoms with van der Waals surface area (Å²) in [6.07, 6.45) is 2.63. The van der Waals surface area contributed by atoms with Crippen molar-refractivity contribution < 1.29 is 19.8 Å². The van der Waals surface area contributed by atoms with Crippen LogP contribution in [0.4, 0.5) is 5.69 Å². The van der Waals surface area contributed by atoms with Gasteiger partial charge in [0.05, 0.1) is 25.3 Å². The molecule has 0 radical (unpaired) electrons. The van der Waals surface area contributed by atoms with E-state index in [1.54, 1.807) is 4.90 Å². The number of anilines is 1. The number of carbonyl (C=O) groups is 2. The van der Waals surface area contributed by atoms with Gasteiger partial charge in [0, 0.05) is 31.0 Å². The maximum absolute atomic E-state index is 11.7. The third-order valence-corrected chi connectivity index (χ3v) is 7.83. The van der Waals surface area contributed by atoms with Crippen molar-refractivity contribution in [1.82, 2.24) is 5.32 Å². The van der Waals surface area contributed by atoms with Crippen LogP contribution < -0.4 is 10.2 Å². The largest absolute Gasteiger partial charge is 0.394 e. The number of nitrogens with zero attached hydrogens (tertiary/aromatic N) is 1. The van der Waals surface area contributed by atoms with E-state index in [9.17, 15) is 14.7 Å². The van der Waals surface area contributed by atoms with Crippen molar-refractivity contribution in [3.8, 4) is 0 Å². The standard InChI is InChI=1S/C12H14BrNO2.C7H6BrI.C5H9NO2/c1-8-6-9(2-4-11(8)13)14-10(7-15)3-5-12(14)16;1-5-4-6(9)2-3-7(5)8;7-3-4-1-2-5(8)6-4/h2,4,6,10,15H,3,5,7H2,1H3;2-4H,1H3;4,7H,1-3H2,(H,6,8)/t10-;;4-/m0.0/s1. The molecule has 2 amide bonds. The smallest absolute Gasteiger partial charge is 0.227 e. The molecule has 2 heterocycles. The van der Waals surface area contributed by atoms with Crippen LogP contribution in [0.1, 0.15) is 36.8 Å². The molecule has 0 spiro atoms. The van der Waals surface area contributed by atoms with Gasteiger partial charge in [-0.1, -0.05) is 31.9 Å². The number of amides is 2. The van der Waals surface area contributed by atoms with Gasteiger partial charge in [-0.3, -0.25) is 9.59 Å². The number of rotatable bonds is 3. The van der Waals surface area contributed by atoms with Crippen LogP contribution >= 0.6 is 54.5 Å². The number of aliphatic hydroxyl groups excluding tert-OH is 2. The molecule has 2 aliphatic heterocycles. The first-order chi connectivity index (χ1) is 15.7. The van der Waals surface area contributed by atoms with Gasteiger partial charge in [0.1, 0.15) is 0 Å². The van der Waals surface area contributed by atoms with Gasteiger partial charge in [-0.15, -0.1) is 0 Å². The van der Waals surface area contributed by atoms with Crippen molar-refractivity contribution in [2.24, 2.45) is 0 Å². The first kappa shape index (κ1) is 28.2. The SMILES string of the molecule is Cc1cc(I)ccc1Br.Cc1cc(N2C(=O)CC[C@H]2CO)ccc1Br.O=C1CC[C@@H](CO)N1. The summed E-state index contributed by atoms with van der Waals surface area (Å²) >= 11 is 9.16. The molecule has 0 saturated carbocycles. The summed E-state index contributed by atoms with van der Waals surface area (Å²) in [5.41, 5.74) is 3.26. The molecule has 2 aromatic carbocycles. The lowest BCUT2D eigenvalue weighted by molar-refractivity contribution is -0.119. The van der Waals surface area contributed by atoms with Gasteiger partial charge in [-0.05, 0) is 96.8 Å². The molecule has 4 rings (SSSR count). The fraction of sp³-hybridized carbons (Fsp3) is 0.417. The molecule has 0 aliphatic carbocycles. The molecular formula is C24H29Br2IN2O4. The monoisotopic (exact) mass is 694 g/mol. The number of halogens is 3. The minimum atomic E-state index is -0.0620. The summed E-state index contributed by atoms with van der Waals surface area (Å²) in [5.74, 6) is 0.157. The highest BCUT2D eigenvalue weighted by atomic mass is 127. The zero-order chi connectivity index (χ0) is 24.5. The van der Waals surface area contributed by atoms with Gasteiger partial charge in [0.25, 0.3) is 0 Å². The minimum absolute atomic E-state index is 0.0286. The van der Waals surface area contributed by atoms with E-state index in [1.807, 2.05) is 25.1 Å². The molecule has 2 saturated heterocycles. The van der Waals surface area contributed by atoms with Crippen LogP contribution in [-0.4, -0.2) is 47.3 Å². The van der Waals surface area contributed by atoms with Gasteiger partial charge in [-0.25, -0.2) is 0 Å². The average Bonchev–Trinajstić information content (AvgIpc) is 3.38. The lowest BCUT2D eigenvalue weighted by atomic mass is 10.2. The van der Waals surface area contributed by atoms with Crippen LogP contribution in [0.25, 0.3) is 0 Å². The Hall–Kier alpha value is -1.01. The first-order valence-corrected chi connectivity index (χ1v) is 13.3. The Morgan fingerprint density at radius 2 is 1.61 bits per heavy atom. The molecule has 180 valence electrons. The topological polar surface area (TPSA) is 89.9 Å². The zero-order valence-electron chi connectivity index (χ0n) is 18.7. The highest BCUT2D eigenvalue weighted by molar-refractivity contribution is 14.1. The van der Waals surface area contributed by atoms with Crippen molar-refractivity contribution in [3.05, 3.63) is 60.0 Å². The molecule has 3 N–H and O–H groups in total. The number of hydrogen-bond acceptors (Lipinski definition) is 4. The highest BCUT2D eigenvalue weighted by Crippen LogP contribution is 2.29. The van der Waals surface area contributed by atoms with Crippen molar-refractivity contribution >= 4 is 72.0 Å². The van der Waals surface area contributed by atoms with E-state index in [-0.39, 0.29) is 37.1 Å². The fourth-order valence-corrected chi connectivity index (χ4v) is 4.61. The summed E-state index contributed by atoms with van der Waals surface area (Å²) in [6, 6.07) is 12.1. The Balaban J connectivity index is 0.000000192. The second-order valence-electron chi connectivity index (χ2n) is 7.95. The van der Waals surface area contributed by atoms with Crippen molar-refractivity contribution in [3.63, 3.8) is 0 Å². The van der Waals surface area contributed by atoms with Crippen molar-refractivity contribution in [2.45, 2.75) is 51.6 Å². The molecule has 0 aromatic heterocycles. The van der Waals surface area contributed by atoms with Crippen LogP contribution in [0.3, 0.4) is 0 Å². The maximum atomic E-state index is 11.7. The Morgan fingerprint density at radius 3 is 2.06 bits per heavy atom. The van der Waals surface area contributed by atoms with Gasteiger partial charge < -0.3 is 20.4 Å². The van der Waals surface area contributed by atoms with Crippen LogP contribution in [0, 0.1) is 17.4 Å². The van der Waals surface area contributed by atoms with E-state index in [0.29, 0.717) is 12.8 Å². The molecule has 2 aromatic rings. The number of nitrogens with one attached hydrogen (secondary N) is 1. The summed E-state index contributed by atoms with van der Waals surface area (Å²) in [6.45, 7) is 4.18. The summed E-state index contributed by atoms with van der Waals surface area (Å²) < 4.78 is 3.50. The van der Waals surface area contributed by atoms with Gasteiger partial charge in [0.2, 0.25) is 11.8 Å². The van der Waals surface area contributed by atoms with Crippen LogP contribution in [-0.2, 0) is 9.59 Å². The van der Waals surface area contributed by atoms with Gasteiger partial charge in [0.15, 0.2) is 0 Å². The van der Waals surface area contributed by atoms with Crippen LogP contribution in [0.15, 0.2) is 45.3 Å². The van der Waals surface area contributed by atoms with E-state index in [0.717, 1.165) is 28.6 Å². The average molecular weight is 696 g/mol. The van der Waals surface area contributed by atoms with E-state index < -0.39 is 0 Å². The van der Waals surface area contributed by atoms with E-state index >= 15 is 0 Å². The van der Waals surface area contributed by atoms with E-state index in [4.69, 9.17) is 5.11 Å². The van der Waals surface area contributed by atoms with Gasteiger partial charge in [-0.2, -0.15) is 0 Å². The molecule has 33 heavy (non-hydrogen) atoms.